The summed E-state index contributed by atoms with van der Waals surface area (Å²) < 4.78 is 10.0. The second-order valence-corrected chi connectivity index (χ2v) is 0.908. The van der Waals surface area contributed by atoms with Crippen LogP contribution in [0.15, 0.2) is 0 Å². The van der Waals surface area contributed by atoms with Crippen LogP contribution in [0.25, 0.3) is 0 Å². The van der Waals surface area contributed by atoms with Crippen molar-refractivity contribution in [2.24, 2.45) is 0 Å². The van der Waals surface area contributed by atoms with Crippen molar-refractivity contribution in [2.75, 3.05) is 0 Å². The number of carbonyl (C=O) groups excluding carboxylic acids is 1. The average Bonchev–Trinajstić information content (AvgIpc) is 1.41. The fourth-order valence-corrected chi connectivity index (χ4v) is 0. The predicted octanol–water partition coefficient (Wildman–Crippen LogP) is 0.841. The molecule has 0 aliphatic rings. The van der Waals surface area contributed by atoms with Crippen molar-refractivity contribution >= 4 is 5.78 Å². The quantitative estimate of drug-likeness (QED) is 0.406. The topological polar surface area (TPSA) is 17.1 Å². The van der Waals surface area contributed by atoms with E-state index in [2.05, 4.69) is 0 Å². The van der Waals surface area contributed by atoms with Crippen LogP contribution in [0.1, 0.15) is 16.8 Å². The lowest BCUT2D eigenvalue weighted by Crippen LogP contribution is -1.69. The van der Waals surface area contributed by atoms with Crippen molar-refractivity contribution in [3.63, 3.8) is 0 Å². The van der Waals surface area contributed by atoms with E-state index in [1.54, 1.807) is 0 Å². The number of hydrogen-bond acceptors (Lipinski definition) is 1. The van der Waals surface area contributed by atoms with Gasteiger partial charge in [-0.05, 0) is 13.8 Å². The molecule has 0 rings (SSSR count). The molecule has 1 nitrogen and oxygen atoms in total. The van der Waals surface area contributed by atoms with Gasteiger partial charge in [-0.2, -0.15) is 0 Å². The van der Waals surface area contributed by atoms with E-state index >= 15 is 0 Å². The molecular weight excluding hydrogens is 52.0 g/mol. The Balaban J connectivity index is 0. The Hall–Kier alpha value is -0.330. The summed E-state index contributed by atoms with van der Waals surface area (Å²) in [6.07, 6.45) is 0. The first kappa shape index (κ1) is 1.94. The first-order chi connectivity index (χ1) is 2.73. The van der Waals surface area contributed by atoms with Gasteiger partial charge in [0.05, 0.1) is 0 Å². The first-order valence-corrected chi connectivity index (χ1v) is 1.20. The summed E-state index contributed by atoms with van der Waals surface area (Å²) in [7, 11) is 0. The zero-order chi connectivity index (χ0) is 5.58. The van der Waals surface area contributed by atoms with Crippen LogP contribution in [0.4, 0.5) is 0 Å². The van der Waals surface area contributed by atoms with Gasteiger partial charge in [0, 0.05) is 2.97 Å². The van der Waals surface area contributed by atoms with E-state index in [4.69, 9.17) is 2.97 Å². The summed E-state index contributed by atoms with van der Waals surface area (Å²) in [4.78, 5) is 9.44. The molecule has 4 heavy (non-hydrogen) atoms. The van der Waals surface area contributed by atoms with E-state index in [0.717, 1.165) is 0 Å². The third kappa shape index (κ3) is 6.88. The van der Waals surface area contributed by atoms with E-state index in [0.29, 0.717) is 0 Å². The van der Waals surface area contributed by atoms with Crippen LogP contribution in [-0.2, 0) is 4.79 Å². The van der Waals surface area contributed by atoms with Crippen molar-refractivity contribution in [3.05, 3.63) is 0 Å². The van der Waals surface area contributed by atoms with Crippen LogP contribution < -0.4 is 0 Å². The lowest BCUT2D eigenvalue weighted by atomic mass is 10.6. The highest BCUT2D eigenvalue weighted by atomic mass is 16.1. The molecule has 0 radical (unpaired) electrons. The van der Waals surface area contributed by atoms with E-state index in [1.165, 1.54) is 13.8 Å². The van der Waals surface area contributed by atoms with E-state index < -0.39 is 0 Å². The molecule has 0 heterocycles. The van der Waals surface area contributed by atoms with Crippen LogP contribution in [0.5, 0.6) is 0 Å². The van der Waals surface area contributed by atoms with Gasteiger partial charge < -0.3 is 4.79 Å². The molecule has 0 aromatic heterocycles. The van der Waals surface area contributed by atoms with E-state index in [-0.39, 0.29) is 5.78 Å². The fourth-order valence-electron chi connectivity index (χ4n) is 0. The molecule has 0 atom stereocenters. The van der Waals surface area contributed by atoms with E-state index in [9.17, 15) is 4.79 Å². The molecular formula is C3H8O. The van der Waals surface area contributed by atoms with Gasteiger partial charge in [-0.1, -0.05) is 0 Å². The largest absolute Gasteiger partial charge is 0.300 e. The number of carbonyl (C=O) groups is 1. The molecule has 0 saturated carbocycles. The molecule has 0 aromatic rings. The van der Waals surface area contributed by atoms with Crippen LogP contribution >= 0.6 is 0 Å². The molecule has 0 aliphatic carbocycles. The highest BCUT2D eigenvalue weighted by molar-refractivity contribution is 5.72. The van der Waals surface area contributed by atoms with Crippen molar-refractivity contribution in [1.29, 1.82) is 0 Å². The maximum Gasteiger partial charge on any atom is 0.126 e. The third-order valence-electron chi connectivity index (χ3n) is 0. The predicted molar refractivity (Wildman–Crippen MR) is 18.5 cm³/mol. The zero-order valence-corrected chi connectivity index (χ0v) is 2.91. The summed E-state index contributed by atoms with van der Waals surface area (Å²) >= 11 is 0. The monoisotopic (exact) mass is 62.1 g/mol. The smallest absolute Gasteiger partial charge is 0.126 e. The molecule has 0 spiro atoms. The van der Waals surface area contributed by atoms with E-state index in [1.807, 2.05) is 0 Å². The molecule has 0 bridgehead atoms. The lowest BCUT2D eigenvalue weighted by Gasteiger charge is -1.56. The minimum absolute atomic E-state index is 0.167. The Bertz CT molecular complexity index is 31.8. The van der Waals surface area contributed by atoms with Gasteiger partial charge >= 0.3 is 0 Å². The average molecular weight is 62.1 g/mol. The molecule has 0 unspecified atom stereocenters. The fraction of sp³-hybridized carbons (Fsp3) is 0.667. The Morgan fingerprint density at radius 1 is 2.00 bits per heavy atom. The van der Waals surface area contributed by atoms with Gasteiger partial charge in [-0.15, -0.1) is 0 Å². The van der Waals surface area contributed by atoms with Crippen LogP contribution in [0, 0.1) is 0 Å². The molecule has 0 saturated heterocycles. The van der Waals surface area contributed by atoms with Gasteiger partial charge in [0.1, 0.15) is 5.78 Å². The third-order valence-corrected chi connectivity index (χ3v) is 0. The molecule has 0 aliphatic heterocycles. The maximum absolute atomic E-state index is 9.44. The van der Waals surface area contributed by atoms with Gasteiger partial charge in [0.2, 0.25) is 0 Å². The Morgan fingerprint density at radius 3 is 2.00 bits per heavy atom. The van der Waals surface area contributed by atoms with Gasteiger partial charge in [0.15, 0.2) is 0 Å². The van der Waals surface area contributed by atoms with Crippen LogP contribution in [0.2, 0.25) is 0 Å². The summed E-state index contributed by atoms with van der Waals surface area (Å²) in [6, 6.07) is 0. The van der Waals surface area contributed by atoms with Crippen molar-refractivity contribution in [2.45, 2.75) is 13.8 Å². The van der Waals surface area contributed by atoms with Crippen molar-refractivity contribution in [1.82, 2.24) is 0 Å². The summed E-state index contributed by atoms with van der Waals surface area (Å²) in [5.41, 5.74) is 0. The minimum Gasteiger partial charge on any atom is -0.300 e. The Morgan fingerprint density at radius 2 is 2.00 bits per heavy atom. The number of rotatable bonds is 0. The standard InChI is InChI=1S/C3H6O.H2/c1-3(2)4;/h1-2H3;1H/i;1+1D. The normalized spacial score (nSPS) is 8.50. The van der Waals surface area contributed by atoms with Crippen molar-refractivity contribution in [3.8, 4) is 0 Å². The SMILES string of the molecule is CC(C)=O.[2H][2H]. The van der Waals surface area contributed by atoms with Gasteiger partial charge in [-0.3, -0.25) is 0 Å². The minimum atomic E-state index is 0.167. The highest BCUT2D eigenvalue weighted by Crippen LogP contribution is 1.50. The number of ketones is 1. The van der Waals surface area contributed by atoms with Crippen molar-refractivity contribution < 1.29 is 7.76 Å². The Labute approximate surface area is 28.7 Å². The summed E-state index contributed by atoms with van der Waals surface area (Å²) in [5.74, 6) is 0.167. The molecule has 0 N–H and O–H groups in total. The number of Topliss-reactive ketones (excluding diaryl/α,β-unsaturated/α-hetero) is 1. The molecule has 1 heteroatoms. The second-order valence-electron chi connectivity index (χ2n) is 0.908. The second kappa shape index (κ2) is 1.04. The first-order valence-electron chi connectivity index (χ1n) is 2.20. The lowest BCUT2D eigenvalue weighted by molar-refractivity contribution is -0.114. The highest BCUT2D eigenvalue weighted by Gasteiger charge is 1.62. The molecule has 0 amide bonds. The molecule has 0 aromatic carbocycles. The molecule has 0 fully saturated rings. The molecule has 26 valence electrons. The number of hydrogen-bond donors (Lipinski definition) is 0. The van der Waals surface area contributed by atoms with Crippen LogP contribution in [-0.4, -0.2) is 5.78 Å². The Kier molecular flexibility index (Phi) is 0.507. The zero-order valence-electron chi connectivity index (χ0n) is 4.91. The van der Waals surface area contributed by atoms with Gasteiger partial charge in [-0.25, -0.2) is 0 Å². The van der Waals surface area contributed by atoms with Gasteiger partial charge in [0.25, 0.3) is 0 Å². The summed E-state index contributed by atoms with van der Waals surface area (Å²) in [6.45, 7) is 3.06. The summed E-state index contributed by atoms with van der Waals surface area (Å²) in [5, 5.41) is 0. The maximum atomic E-state index is 9.44. The van der Waals surface area contributed by atoms with Crippen LogP contribution in [0.3, 0.4) is 0 Å².